The SMILES string of the molecule is CN[C@@H](C)Cc1ccccc1.Cl.O=C(O)C(F)(F)F. The van der Waals surface area contributed by atoms with Crippen LogP contribution in [0.2, 0.25) is 0 Å². The summed E-state index contributed by atoms with van der Waals surface area (Å²) in [5.74, 6) is -2.76. The number of carboxylic acid groups (broad SMARTS) is 1. The molecule has 3 nitrogen and oxygen atoms in total. The van der Waals surface area contributed by atoms with E-state index in [2.05, 4.69) is 36.5 Å². The van der Waals surface area contributed by atoms with Gasteiger partial charge >= 0.3 is 12.1 Å². The van der Waals surface area contributed by atoms with Crippen molar-refractivity contribution in [2.75, 3.05) is 7.05 Å². The maximum Gasteiger partial charge on any atom is 0.490 e. The third-order valence-corrected chi connectivity index (χ3v) is 2.12. The Hall–Kier alpha value is -1.27. The standard InChI is InChI=1S/C10H15N.C2HF3O2.ClH/c1-9(11-2)8-10-6-4-3-5-7-10;3-2(4,5)1(6)7;/h3-7,9,11H,8H2,1-2H3;(H,6,7);1H/t9-;;/m0../s1. The monoisotopic (exact) mass is 299 g/mol. The van der Waals surface area contributed by atoms with Gasteiger partial charge in [-0.05, 0) is 26.0 Å². The van der Waals surface area contributed by atoms with Crippen molar-refractivity contribution < 1.29 is 23.1 Å². The topological polar surface area (TPSA) is 49.3 Å². The maximum atomic E-state index is 10.6. The van der Waals surface area contributed by atoms with Gasteiger partial charge in [0.2, 0.25) is 0 Å². The Labute approximate surface area is 116 Å². The van der Waals surface area contributed by atoms with Crippen LogP contribution >= 0.6 is 12.4 Å². The molecule has 0 fully saturated rings. The number of rotatable bonds is 3. The molecule has 0 radical (unpaired) electrons. The lowest BCUT2D eigenvalue weighted by atomic mass is 10.1. The molecule has 19 heavy (non-hydrogen) atoms. The van der Waals surface area contributed by atoms with Gasteiger partial charge in [-0.1, -0.05) is 30.3 Å². The summed E-state index contributed by atoms with van der Waals surface area (Å²) < 4.78 is 31.7. The van der Waals surface area contributed by atoms with Crippen molar-refractivity contribution in [2.24, 2.45) is 0 Å². The minimum Gasteiger partial charge on any atom is -0.475 e. The number of hydrogen-bond acceptors (Lipinski definition) is 2. The molecule has 1 aromatic carbocycles. The summed E-state index contributed by atoms with van der Waals surface area (Å²) in [6.07, 6.45) is -3.97. The molecule has 0 heterocycles. The summed E-state index contributed by atoms with van der Waals surface area (Å²) in [5.41, 5.74) is 1.40. The number of carbonyl (C=O) groups is 1. The van der Waals surface area contributed by atoms with Gasteiger partial charge in [0.15, 0.2) is 0 Å². The highest BCUT2D eigenvalue weighted by Crippen LogP contribution is 2.13. The summed E-state index contributed by atoms with van der Waals surface area (Å²) in [7, 11) is 1.99. The maximum absolute atomic E-state index is 10.6. The van der Waals surface area contributed by atoms with Gasteiger partial charge in [0, 0.05) is 6.04 Å². The predicted octanol–water partition coefficient (Wildman–Crippen LogP) is 2.89. The number of halogens is 4. The number of benzene rings is 1. The van der Waals surface area contributed by atoms with Crippen molar-refractivity contribution in [3.63, 3.8) is 0 Å². The van der Waals surface area contributed by atoms with Gasteiger partial charge < -0.3 is 10.4 Å². The van der Waals surface area contributed by atoms with Crippen molar-refractivity contribution in [3.05, 3.63) is 35.9 Å². The molecule has 0 unspecified atom stereocenters. The van der Waals surface area contributed by atoms with Crippen LogP contribution < -0.4 is 5.32 Å². The Balaban J connectivity index is 0. The molecule has 0 bridgehead atoms. The molecule has 0 spiro atoms. The molecule has 1 rings (SSSR count). The molecule has 1 aromatic rings. The quantitative estimate of drug-likeness (QED) is 0.902. The lowest BCUT2D eigenvalue weighted by Gasteiger charge is -2.08. The van der Waals surface area contributed by atoms with Crippen LogP contribution in [0, 0.1) is 0 Å². The summed E-state index contributed by atoms with van der Waals surface area (Å²) in [6.45, 7) is 2.19. The Kier molecular flexibility index (Phi) is 10.2. The molecule has 2 N–H and O–H groups in total. The van der Waals surface area contributed by atoms with E-state index in [0.717, 1.165) is 6.42 Å². The Morgan fingerprint density at radius 2 is 1.74 bits per heavy atom. The Morgan fingerprint density at radius 3 is 2.05 bits per heavy atom. The second kappa shape index (κ2) is 9.63. The van der Waals surface area contributed by atoms with E-state index in [0.29, 0.717) is 6.04 Å². The average molecular weight is 300 g/mol. The van der Waals surface area contributed by atoms with Gasteiger partial charge in [0.1, 0.15) is 0 Å². The predicted molar refractivity (Wildman–Crippen MR) is 69.6 cm³/mol. The first-order valence-electron chi connectivity index (χ1n) is 5.28. The molecule has 0 saturated heterocycles. The summed E-state index contributed by atoms with van der Waals surface area (Å²) >= 11 is 0. The van der Waals surface area contributed by atoms with Crippen LogP contribution in [0.3, 0.4) is 0 Å². The molecule has 110 valence electrons. The highest BCUT2D eigenvalue weighted by molar-refractivity contribution is 5.85. The van der Waals surface area contributed by atoms with Crippen molar-refractivity contribution in [2.45, 2.75) is 25.6 Å². The van der Waals surface area contributed by atoms with E-state index >= 15 is 0 Å². The molecular formula is C12H17ClF3NO2. The molecule has 7 heteroatoms. The summed E-state index contributed by atoms with van der Waals surface area (Å²) in [4.78, 5) is 8.90. The molecule has 0 saturated carbocycles. The normalized spacial score (nSPS) is 11.6. The van der Waals surface area contributed by atoms with E-state index in [-0.39, 0.29) is 12.4 Å². The fourth-order valence-corrected chi connectivity index (χ4v) is 1.07. The van der Waals surface area contributed by atoms with E-state index in [1.165, 1.54) is 5.56 Å². The highest BCUT2D eigenvalue weighted by Gasteiger charge is 2.38. The number of carboxylic acids is 1. The minimum absolute atomic E-state index is 0. The Bertz CT molecular complexity index is 358. The van der Waals surface area contributed by atoms with Gasteiger partial charge in [0.05, 0.1) is 0 Å². The third kappa shape index (κ3) is 10.3. The van der Waals surface area contributed by atoms with Gasteiger partial charge in [-0.3, -0.25) is 0 Å². The zero-order valence-electron chi connectivity index (χ0n) is 10.6. The molecule has 0 aliphatic rings. The summed E-state index contributed by atoms with van der Waals surface area (Å²) in [5, 5.41) is 10.3. The molecule has 0 amide bonds. The van der Waals surface area contributed by atoms with Crippen LogP contribution in [-0.2, 0) is 11.2 Å². The minimum atomic E-state index is -5.08. The van der Waals surface area contributed by atoms with Crippen LogP contribution in [0.25, 0.3) is 0 Å². The van der Waals surface area contributed by atoms with Gasteiger partial charge in [0.25, 0.3) is 0 Å². The number of hydrogen-bond donors (Lipinski definition) is 2. The first-order chi connectivity index (χ1) is 8.27. The van der Waals surface area contributed by atoms with Gasteiger partial charge in [-0.2, -0.15) is 13.2 Å². The van der Waals surface area contributed by atoms with Crippen LogP contribution in [-0.4, -0.2) is 30.3 Å². The van der Waals surface area contributed by atoms with E-state index in [9.17, 15) is 13.2 Å². The number of alkyl halides is 3. The van der Waals surface area contributed by atoms with Crippen molar-refractivity contribution in [1.82, 2.24) is 5.32 Å². The van der Waals surface area contributed by atoms with Crippen LogP contribution in [0.15, 0.2) is 30.3 Å². The fraction of sp³-hybridized carbons (Fsp3) is 0.417. The van der Waals surface area contributed by atoms with Gasteiger partial charge in [-0.15, -0.1) is 12.4 Å². The van der Waals surface area contributed by atoms with Crippen LogP contribution in [0.4, 0.5) is 13.2 Å². The Morgan fingerprint density at radius 1 is 1.32 bits per heavy atom. The van der Waals surface area contributed by atoms with Crippen LogP contribution in [0.5, 0.6) is 0 Å². The summed E-state index contributed by atoms with van der Waals surface area (Å²) in [6, 6.07) is 11.1. The largest absolute Gasteiger partial charge is 0.490 e. The van der Waals surface area contributed by atoms with E-state index in [1.807, 2.05) is 13.1 Å². The third-order valence-electron chi connectivity index (χ3n) is 2.12. The molecule has 0 aliphatic carbocycles. The second-order valence-electron chi connectivity index (χ2n) is 3.68. The lowest BCUT2D eigenvalue weighted by Crippen LogP contribution is -2.23. The second-order valence-corrected chi connectivity index (χ2v) is 3.68. The average Bonchev–Trinajstić information content (AvgIpc) is 2.29. The van der Waals surface area contributed by atoms with E-state index in [4.69, 9.17) is 9.90 Å². The zero-order valence-corrected chi connectivity index (χ0v) is 11.4. The lowest BCUT2D eigenvalue weighted by molar-refractivity contribution is -0.192. The van der Waals surface area contributed by atoms with Crippen LogP contribution in [0.1, 0.15) is 12.5 Å². The highest BCUT2D eigenvalue weighted by atomic mass is 35.5. The zero-order chi connectivity index (χ0) is 14.2. The van der Waals surface area contributed by atoms with Crippen molar-refractivity contribution >= 4 is 18.4 Å². The van der Waals surface area contributed by atoms with E-state index in [1.54, 1.807) is 0 Å². The van der Waals surface area contributed by atoms with Crippen molar-refractivity contribution in [1.29, 1.82) is 0 Å². The number of aliphatic carboxylic acids is 1. The molecule has 1 atom stereocenters. The molecular weight excluding hydrogens is 283 g/mol. The van der Waals surface area contributed by atoms with Gasteiger partial charge in [-0.25, -0.2) is 4.79 Å². The van der Waals surface area contributed by atoms with E-state index < -0.39 is 12.1 Å². The van der Waals surface area contributed by atoms with Crippen molar-refractivity contribution in [3.8, 4) is 0 Å². The number of likely N-dealkylation sites (N-methyl/N-ethyl adjacent to an activating group) is 1. The smallest absolute Gasteiger partial charge is 0.475 e. The molecule has 0 aliphatic heterocycles. The fourth-order valence-electron chi connectivity index (χ4n) is 1.07. The molecule has 0 aromatic heterocycles. The first-order valence-corrected chi connectivity index (χ1v) is 5.28. The number of nitrogens with one attached hydrogen (secondary N) is 1. The first kappa shape index (κ1) is 20.1.